The minimum absolute atomic E-state index is 0.152. The second kappa shape index (κ2) is 7.23. The van der Waals surface area contributed by atoms with Gasteiger partial charge in [-0.1, -0.05) is 13.0 Å². The Morgan fingerprint density at radius 2 is 2.06 bits per heavy atom. The number of piperidine rings is 1. The molecular formula is C12H24N2O3S. The molecule has 1 aliphatic rings. The predicted molar refractivity (Wildman–Crippen MR) is 72.4 cm³/mol. The fraction of sp³-hybridized carbons (Fsp3) is 0.833. The first kappa shape index (κ1) is 15.6. The number of rotatable bonds is 7. The maximum absolute atomic E-state index is 12.4. The van der Waals surface area contributed by atoms with Crippen LogP contribution in [0.2, 0.25) is 0 Å². The van der Waals surface area contributed by atoms with Gasteiger partial charge in [-0.2, -0.15) is 17.0 Å². The minimum Gasteiger partial charge on any atom is -0.396 e. The summed E-state index contributed by atoms with van der Waals surface area (Å²) in [5.74, 6) is 0.246. The van der Waals surface area contributed by atoms with Gasteiger partial charge < -0.3 is 5.11 Å². The van der Waals surface area contributed by atoms with E-state index in [1.54, 1.807) is 6.08 Å². The van der Waals surface area contributed by atoms with E-state index in [1.807, 2.05) is 6.92 Å². The normalized spacial score (nSPS) is 19.3. The van der Waals surface area contributed by atoms with Crippen molar-refractivity contribution in [3.05, 3.63) is 12.7 Å². The molecule has 1 fully saturated rings. The molecule has 1 saturated heterocycles. The van der Waals surface area contributed by atoms with Crippen LogP contribution in [0.4, 0.5) is 0 Å². The van der Waals surface area contributed by atoms with Crippen molar-refractivity contribution >= 4 is 10.2 Å². The van der Waals surface area contributed by atoms with E-state index in [1.165, 1.54) is 8.61 Å². The maximum Gasteiger partial charge on any atom is 0.282 e. The summed E-state index contributed by atoms with van der Waals surface area (Å²) in [5.41, 5.74) is 0. The molecule has 0 radical (unpaired) electrons. The van der Waals surface area contributed by atoms with Crippen LogP contribution < -0.4 is 0 Å². The van der Waals surface area contributed by atoms with E-state index in [0.717, 1.165) is 19.3 Å². The molecule has 1 rings (SSSR count). The summed E-state index contributed by atoms with van der Waals surface area (Å²) in [6, 6.07) is 0. The van der Waals surface area contributed by atoms with Gasteiger partial charge in [0.2, 0.25) is 0 Å². The molecule has 0 unspecified atom stereocenters. The average Bonchev–Trinajstić information content (AvgIpc) is 2.38. The minimum atomic E-state index is -3.37. The molecule has 0 spiro atoms. The van der Waals surface area contributed by atoms with Gasteiger partial charge >= 0.3 is 0 Å². The molecule has 6 heteroatoms. The topological polar surface area (TPSA) is 60.9 Å². The van der Waals surface area contributed by atoms with Crippen LogP contribution in [0.25, 0.3) is 0 Å². The highest BCUT2D eigenvalue weighted by Crippen LogP contribution is 2.21. The summed E-state index contributed by atoms with van der Waals surface area (Å²) in [7, 11) is -3.37. The molecule has 0 aromatic rings. The standard InChI is InChI=1S/C12H24N2O3S/c1-3-7-13(8-4-2)18(16,17)14-9-5-12(11-15)6-10-14/h3,12,15H,1,4-11H2,2H3. The van der Waals surface area contributed by atoms with Gasteiger partial charge in [-0.05, 0) is 25.2 Å². The van der Waals surface area contributed by atoms with Crippen molar-refractivity contribution < 1.29 is 13.5 Å². The summed E-state index contributed by atoms with van der Waals surface area (Å²) in [5, 5.41) is 9.07. The third-order valence-corrected chi connectivity index (χ3v) is 5.29. The smallest absolute Gasteiger partial charge is 0.282 e. The van der Waals surface area contributed by atoms with E-state index < -0.39 is 10.2 Å². The van der Waals surface area contributed by atoms with Crippen LogP contribution in [0.3, 0.4) is 0 Å². The molecule has 1 heterocycles. The number of aliphatic hydroxyl groups is 1. The van der Waals surface area contributed by atoms with E-state index in [4.69, 9.17) is 5.11 Å². The maximum atomic E-state index is 12.4. The van der Waals surface area contributed by atoms with Crippen LogP contribution >= 0.6 is 0 Å². The summed E-state index contributed by atoms with van der Waals surface area (Å²) in [6.07, 6.45) is 3.89. The van der Waals surface area contributed by atoms with Gasteiger partial charge in [0.05, 0.1) is 0 Å². The van der Waals surface area contributed by atoms with E-state index in [0.29, 0.717) is 26.2 Å². The fourth-order valence-electron chi connectivity index (χ4n) is 2.18. The molecular weight excluding hydrogens is 252 g/mol. The van der Waals surface area contributed by atoms with E-state index in [-0.39, 0.29) is 12.5 Å². The van der Waals surface area contributed by atoms with Gasteiger partial charge in [-0.3, -0.25) is 0 Å². The van der Waals surface area contributed by atoms with Crippen molar-refractivity contribution in [2.24, 2.45) is 5.92 Å². The molecule has 18 heavy (non-hydrogen) atoms. The van der Waals surface area contributed by atoms with Crippen molar-refractivity contribution in [1.82, 2.24) is 8.61 Å². The van der Waals surface area contributed by atoms with Crippen molar-refractivity contribution in [2.75, 3.05) is 32.8 Å². The first-order chi connectivity index (χ1) is 8.56. The average molecular weight is 276 g/mol. The van der Waals surface area contributed by atoms with E-state index >= 15 is 0 Å². The lowest BCUT2D eigenvalue weighted by Gasteiger charge is -2.34. The number of aliphatic hydroxyl groups excluding tert-OH is 1. The summed E-state index contributed by atoms with van der Waals surface area (Å²) in [4.78, 5) is 0. The molecule has 0 amide bonds. The third-order valence-electron chi connectivity index (χ3n) is 3.29. The third kappa shape index (κ3) is 3.78. The summed E-state index contributed by atoms with van der Waals surface area (Å²) in [6.45, 7) is 7.61. The Morgan fingerprint density at radius 3 is 2.50 bits per heavy atom. The number of hydrogen-bond donors (Lipinski definition) is 1. The Balaban J connectivity index is 2.69. The van der Waals surface area contributed by atoms with Crippen LogP contribution in [0.1, 0.15) is 26.2 Å². The van der Waals surface area contributed by atoms with Gasteiger partial charge in [0, 0.05) is 32.8 Å². The highest BCUT2D eigenvalue weighted by molar-refractivity contribution is 7.86. The molecule has 0 bridgehead atoms. The fourth-order valence-corrected chi connectivity index (χ4v) is 3.89. The first-order valence-corrected chi connectivity index (χ1v) is 7.92. The molecule has 106 valence electrons. The monoisotopic (exact) mass is 276 g/mol. The number of nitrogens with zero attached hydrogens (tertiary/aromatic N) is 2. The van der Waals surface area contributed by atoms with Crippen LogP contribution in [-0.2, 0) is 10.2 Å². The number of hydrogen-bond acceptors (Lipinski definition) is 3. The van der Waals surface area contributed by atoms with Crippen molar-refractivity contribution in [3.8, 4) is 0 Å². The molecule has 0 saturated carbocycles. The molecule has 0 aromatic carbocycles. The van der Waals surface area contributed by atoms with Gasteiger partial charge in [0.25, 0.3) is 10.2 Å². The molecule has 5 nitrogen and oxygen atoms in total. The quantitative estimate of drug-likeness (QED) is 0.701. The second-order valence-electron chi connectivity index (χ2n) is 4.68. The Morgan fingerprint density at radius 1 is 1.44 bits per heavy atom. The Hall–Kier alpha value is -0.430. The second-order valence-corrected chi connectivity index (χ2v) is 6.61. The lowest BCUT2D eigenvalue weighted by Crippen LogP contribution is -2.47. The van der Waals surface area contributed by atoms with Gasteiger partial charge in [-0.15, -0.1) is 6.58 Å². The molecule has 0 aromatic heterocycles. The van der Waals surface area contributed by atoms with Crippen LogP contribution in [0.15, 0.2) is 12.7 Å². The van der Waals surface area contributed by atoms with Gasteiger partial charge in [0.15, 0.2) is 0 Å². The Bertz CT molecular complexity index is 348. The molecule has 1 aliphatic heterocycles. The zero-order valence-corrected chi connectivity index (χ0v) is 11.9. The molecule has 1 N–H and O–H groups in total. The SMILES string of the molecule is C=CCN(CCC)S(=O)(=O)N1CCC(CO)CC1. The summed E-state index contributed by atoms with van der Waals surface area (Å²) >= 11 is 0. The lowest BCUT2D eigenvalue weighted by atomic mass is 10.00. The van der Waals surface area contributed by atoms with Crippen molar-refractivity contribution in [3.63, 3.8) is 0 Å². The van der Waals surface area contributed by atoms with Gasteiger partial charge in [-0.25, -0.2) is 0 Å². The van der Waals surface area contributed by atoms with E-state index in [2.05, 4.69) is 6.58 Å². The Labute approximate surface area is 110 Å². The summed E-state index contributed by atoms with van der Waals surface area (Å²) < 4.78 is 27.8. The molecule has 0 aliphatic carbocycles. The lowest BCUT2D eigenvalue weighted by molar-refractivity contribution is 0.166. The Kier molecular flexibility index (Phi) is 6.28. The van der Waals surface area contributed by atoms with Crippen molar-refractivity contribution in [1.29, 1.82) is 0 Å². The zero-order valence-electron chi connectivity index (χ0n) is 11.1. The van der Waals surface area contributed by atoms with Crippen LogP contribution in [0.5, 0.6) is 0 Å². The van der Waals surface area contributed by atoms with Crippen LogP contribution in [-0.4, -0.2) is 54.9 Å². The highest BCUT2D eigenvalue weighted by Gasteiger charge is 2.31. The first-order valence-electron chi connectivity index (χ1n) is 6.53. The largest absolute Gasteiger partial charge is 0.396 e. The van der Waals surface area contributed by atoms with Gasteiger partial charge in [0.1, 0.15) is 0 Å². The van der Waals surface area contributed by atoms with Crippen LogP contribution in [0, 0.1) is 5.92 Å². The zero-order chi connectivity index (χ0) is 13.6. The van der Waals surface area contributed by atoms with Crippen molar-refractivity contribution in [2.45, 2.75) is 26.2 Å². The van der Waals surface area contributed by atoms with E-state index in [9.17, 15) is 8.42 Å². The molecule has 0 atom stereocenters. The predicted octanol–water partition coefficient (Wildman–Crippen LogP) is 0.834. The highest BCUT2D eigenvalue weighted by atomic mass is 32.2.